The maximum absolute atomic E-state index is 12.2. The van der Waals surface area contributed by atoms with E-state index in [2.05, 4.69) is 20.8 Å². The number of hydrogen-bond donors (Lipinski definition) is 0. The lowest BCUT2D eigenvalue weighted by Gasteiger charge is -2.29. The fourth-order valence-corrected chi connectivity index (χ4v) is 2.14. The van der Waals surface area contributed by atoms with Crippen LogP contribution in [0.15, 0.2) is 12.1 Å². The van der Waals surface area contributed by atoms with E-state index in [0.29, 0.717) is 0 Å². The molecule has 0 unspecified atom stereocenters. The van der Waals surface area contributed by atoms with Crippen LogP contribution in [-0.2, 0) is 10.8 Å². The van der Waals surface area contributed by atoms with Gasteiger partial charge in [-0.3, -0.25) is 0 Å². The molecule has 0 saturated heterocycles. The minimum atomic E-state index is -0.530. The van der Waals surface area contributed by atoms with Crippen LogP contribution in [0.5, 0.6) is 11.5 Å². The normalized spacial score (nSPS) is 11.8. The van der Waals surface area contributed by atoms with E-state index in [9.17, 15) is 9.59 Å². The van der Waals surface area contributed by atoms with Gasteiger partial charge in [-0.1, -0.05) is 47.6 Å². The molecule has 0 atom stereocenters. The van der Waals surface area contributed by atoms with Gasteiger partial charge in [-0.25, -0.2) is 9.59 Å². The fourth-order valence-electron chi connectivity index (χ4n) is 2.14. The summed E-state index contributed by atoms with van der Waals surface area (Å²) in [6, 6.07) is 3.79. The van der Waals surface area contributed by atoms with Crippen molar-refractivity contribution in [3.8, 4) is 11.5 Å². The summed E-state index contributed by atoms with van der Waals surface area (Å²) in [7, 11) is 6.42. The molecule has 1 aromatic carbocycles. The van der Waals surface area contributed by atoms with Crippen LogP contribution in [0.25, 0.3) is 0 Å². The first kappa shape index (κ1) is 21.8. The Morgan fingerprint density at radius 1 is 0.769 bits per heavy atom. The number of ether oxygens (including phenoxy) is 2. The number of amides is 2. The molecule has 1 aromatic rings. The van der Waals surface area contributed by atoms with Gasteiger partial charge in [0.1, 0.15) is 0 Å². The van der Waals surface area contributed by atoms with Crippen molar-refractivity contribution in [1.82, 2.24) is 9.80 Å². The van der Waals surface area contributed by atoms with Crippen molar-refractivity contribution in [1.29, 1.82) is 0 Å². The van der Waals surface area contributed by atoms with Crippen molar-refractivity contribution in [3.05, 3.63) is 23.3 Å². The van der Waals surface area contributed by atoms with E-state index in [0.717, 1.165) is 11.1 Å². The number of carbonyl (C=O) groups is 2. The molecule has 0 aromatic heterocycles. The number of carbonyl (C=O) groups excluding carboxylic acids is 2. The third-order valence-electron chi connectivity index (χ3n) is 3.85. The zero-order chi connectivity index (χ0) is 20.4. The SMILES string of the molecule is CN(C)C(=O)Oc1cc(C(C)(C)C)cc(C(C)(C)C)c1OC(=O)N(C)C. The number of hydrogen-bond acceptors (Lipinski definition) is 4. The summed E-state index contributed by atoms with van der Waals surface area (Å²) in [6.45, 7) is 12.3. The molecule has 0 aliphatic rings. The second kappa shape index (κ2) is 7.56. The Balaban J connectivity index is 3.68. The van der Waals surface area contributed by atoms with Crippen LogP contribution >= 0.6 is 0 Å². The van der Waals surface area contributed by atoms with E-state index in [1.807, 2.05) is 26.8 Å². The molecule has 0 aliphatic carbocycles. The van der Waals surface area contributed by atoms with Crippen molar-refractivity contribution < 1.29 is 19.1 Å². The molecule has 0 fully saturated rings. The van der Waals surface area contributed by atoms with Crippen LogP contribution in [0.4, 0.5) is 9.59 Å². The number of nitrogens with zero attached hydrogens (tertiary/aromatic N) is 2. The fraction of sp³-hybridized carbons (Fsp3) is 0.600. The van der Waals surface area contributed by atoms with Crippen LogP contribution in [-0.4, -0.2) is 50.2 Å². The first-order chi connectivity index (χ1) is 11.6. The van der Waals surface area contributed by atoms with E-state index in [1.165, 1.54) is 9.80 Å². The van der Waals surface area contributed by atoms with Crippen LogP contribution in [0.1, 0.15) is 52.7 Å². The maximum atomic E-state index is 12.2. The highest BCUT2D eigenvalue weighted by atomic mass is 16.6. The molecule has 2 amide bonds. The zero-order valence-corrected chi connectivity index (χ0v) is 17.7. The Morgan fingerprint density at radius 2 is 1.23 bits per heavy atom. The molecule has 6 nitrogen and oxygen atoms in total. The van der Waals surface area contributed by atoms with Gasteiger partial charge in [-0.15, -0.1) is 0 Å². The zero-order valence-electron chi connectivity index (χ0n) is 17.7. The predicted octanol–water partition coefficient (Wildman–Crippen LogP) is 4.40. The Kier molecular flexibility index (Phi) is 6.34. The van der Waals surface area contributed by atoms with Gasteiger partial charge in [-0.05, 0) is 22.5 Å². The quantitative estimate of drug-likeness (QED) is 0.780. The summed E-state index contributed by atoms with van der Waals surface area (Å²) >= 11 is 0. The first-order valence-electron chi connectivity index (χ1n) is 8.62. The van der Waals surface area contributed by atoms with Crippen molar-refractivity contribution in [2.24, 2.45) is 0 Å². The molecule has 1 rings (SSSR count). The molecule has 6 heteroatoms. The number of benzene rings is 1. The highest BCUT2D eigenvalue weighted by Gasteiger charge is 2.29. The lowest BCUT2D eigenvalue weighted by Crippen LogP contribution is -2.29. The van der Waals surface area contributed by atoms with E-state index in [1.54, 1.807) is 34.3 Å². The minimum Gasteiger partial charge on any atom is -0.406 e. The van der Waals surface area contributed by atoms with Crippen LogP contribution in [0, 0.1) is 0 Å². The third-order valence-corrected chi connectivity index (χ3v) is 3.85. The van der Waals surface area contributed by atoms with E-state index in [4.69, 9.17) is 9.47 Å². The highest BCUT2D eigenvalue weighted by Crippen LogP contribution is 2.42. The van der Waals surface area contributed by atoms with Crippen molar-refractivity contribution in [2.45, 2.75) is 52.4 Å². The summed E-state index contributed by atoms with van der Waals surface area (Å²) in [5, 5.41) is 0. The molecular formula is C20H32N2O4. The van der Waals surface area contributed by atoms with Crippen LogP contribution in [0.3, 0.4) is 0 Å². The van der Waals surface area contributed by atoms with Gasteiger partial charge < -0.3 is 19.3 Å². The van der Waals surface area contributed by atoms with Gasteiger partial charge in [0.05, 0.1) is 0 Å². The molecular weight excluding hydrogens is 332 g/mol. The van der Waals surface area contributed by atoms with Gasteiger partial charge >= 0.3 is 12.2 Å². The van der Waals surface area contributed by atoms with Gasteiger partial charge in [0.15, 0.2) is 11.5 Å². The van der Waals surface area contributed by atoms with Crippen LogP contribution in [0.2, 0.25) is 0 Å². The maximum Gasteiger partial charge on any atom is 0.414 e. The smallest absolute Gasteiger partial charge is 0.406 e. The summed E-state index contributed by atoms with van der Waals surface area (Å²) in [6.07, 6.45) is -1.06. The summed E-state index contributed by atoms with van der Waals surface area (Å²) in [5.41, 5.74) is 1.32. The molecule has 0 aliphatic heterocycles. The largest absolute Gasteiger partial charge is 0.414 e. The Morgan fingerprint density at radius 3 is 1.62 bits per heavy atom. The van der Waals surface area contributed by atoms with E-state index in [-0.39, 0.29) is 22.3 Å². The average molecular weight is 364 g/mol. The Labute approximate surface area is 157 Å². The molecule has 146 valence electrons. The van der Waals surface area contributed by atoms with Crippen molar-refractivity contribution >= 4 is 12.2 Å². The summed E-state index contributed by atoms with van der Waals surface area (Å²) < 4.78 is 11.2. The first-order valence-corrected chi connectivity index (χ1v) is 8.62. The minimum absolute atomic E-state index is 0.163. The highest BCUT2D eigenvalue weighted by molar-refractivity contribution is 5.75. The molecule has 26 heavy (non-hydrogen) atoms. The molecule has 0 spiro atoms. The third kappa shape index (κ3) is 5.38. The molecule has 0 bridgehead atoms. The molecule has 0 saturated carbocycles. The van der Waals surface area contributed by atoms with Gasteiger partial charge in [0, 0.05) is 33.8 Å². The second-order valence-corrected chi connectivity index (χ2v) is 8.88. The summed E-state index contributed by atoms with van der Waals surface area (Å²) in [4.78, 5) is 27.0. The second-order valence-electron chi connectivity index (χ2n) is 8.88. The van der Waals surface area contributed by atoms with Gasteiger partial charge in [0.25, 0.3) is 0 Å². The molecule has 0 N–H and O–H groups in total. The standard InChI is InChI=1S/C20H32N2O4/c1-19(2,3)13-11-14(20(4,5)6)16(26-18(24)22(9)10)15(12-13)25-17(23)21(7)8/h11-12H,1-10H3. The molecule has 0 heterocycles. The van der Waals surface area contributed by atoms with Gasteiger partial charge in [-0.2, -0.15) is 0 Å². The van der Waals surface area contributed by atoms with E-state index >= 15 is 0 Å². The number of rotatable bonds is 2. The van der Waals surface area contributed by atoms with Crippen molar-refractivity contribution in [2.75, 3.05) is 28.2 Å². The topological polar surface area (TPSA) is 59.1 Å². The Hall–Kier alpha value is -2.24. The average Bonchev–Trinajstić information content (AvgIpc) is 2.45. The van der Waals surface area contributed by atoms with E-state index < -0.39 is 12.2 Å². The monoisotopic (exact) mass is 364 g/mol. The Bertz CT molecular complexity index is 680. The van der Waals surface area contributed by atoms with Gasteiger partial charge in [0.2, 0.25) is 0 Å². The summed E-state index contributed by atoms with van der Waals surface area (Å²) in [5.74, 6) is 0.524. The predicted molar refractivity (Wildman–Crippen MR) is 103 cm³/mol. The molecule has 0 radical (unpaired) electrons. The lowest BCUT2D eigenvalue weighted by molar-refractivity contribution is 0.160. The van der Waals surface area contributed by atoms with Crippen LogP contribution < -0.4 is 9.47 Å². The lowest BCUT2D eigenvalue weighted by atomic mass is 9.80. The van der Waals surface area contributed by atoms with Crippen molar-refractivity contribution in [3.63, 3.8) is 0 Å².